The fourth-order valence-corrected chi connectivity index (χ4v) is 0.439. The molecule has 0 aliphatic rings. The molecular formula is C2H5F3NS. The van der Waals surface area contributed by atoms with E-state index in [2.05, 4.69) is 4.72 Å². The van der Waals surface area contributed by atoms with Gasteiger partial charge in [-0.3, -0.25) is 0 Å². The summed E-state index contributed by atoms with van der Waals surface area (Å²) in [7, 11) is 0. The Morgan fingerprint density at radius 3 is 1.86 bits per heavy atom. The molecule has 0 saturated heterocycles. The van der Waals surface area contributed by atoms with Crippen molar-refractivity contribution in [2.75, 3.05) is 6.54 Å². The van der Waals surface area contributed by atoms with Crippen LogP contribution in [-0.4, -0.2) is 6.54 Å². The lowest BCUT2D eigenvalue weighted by Gasteiger charge is -2.04. The molecule has 0 fully saturated rings. The van der Waals surface area contributed by atoms with Crippen LogP contribution in [0.1, 0.15) is 6.92 Å². The van der Waals surface area contributed by atoms with Crippen molar-refractivity contribution in [2.45, 2.75) is 6.92 Å². The van der Waals surface area contributed by atoms with Crippen LogP contribution in [0.25, 0.3) is 0 Å². The van der Waals surface area contributed by atoms with E-state index in [1.54, 1.807) is 0 Å². The minimum Gasteiger partial charge on any atom is -0.112 e. The predicted molar refractivity (Wildman–Crippen MR) is 23.6 cm³/mol. The molecule has 0 aliphatic heterocycles. The van der Waals surface area contributed by atoms with E-state index in [1.807, 2.05) is 0 Å². The summed E-state index contributed by atoms with van der Waals surface area (Å²) in [6.45, 7) is 1.21. The molecule has 1 nitrogen and oxygen atoms in total. The maximum absolute atomic E-state index is 11.0. The minimum atomic E-state index is -5.05. The monoisotopic (exact) mass is 132 g/mol. The summed E-state index contributed by atoms with van der Waals surface area (Å²) in [6, 6.07) is 0. The number of halogens is 3. The van der Waals surface area contributed by atoms with Gasteiger partial charge in [-0.05, 0) is 6.92 Å². The third kappa shape index (κ3) is 6.10. The Balaban J connectivity index is 3.15. The Morgan fingerprint density at radius 2 is 1.86 bits per heavy atom. The normalized spacial score (nSPS) is 14.3. The zero-order valence-electron chi connectivity index (χ0n) is 3.70. The maximum atomic E-state index is 11.0. The van der Waals surface area contributed by atoms with Gasteiger partial charge in [0.15, 0.2) is 0 Å². The fraction of sp³-hybridized carbons (Fsp3) is 1.00. The maximum Gasteiger partial charge on any atom is 0.291 e. The lowest BCUT2D eigenvalue weighted by atomic mass is 10.8. The average Bonchev–Trinajstić information content (AvgIpc) is 1.30. The lowest BCUT2D eigenvalue weighted by Crippen LogP contribution is -1.98. The quantitative estimate of drug-likeness (QED) is 0.545. The summed E-state index contributed by atoms with van der Waals surface area (Å²) in [5.74, 6) is 0. The summed E-state index contributed by atoms with van der Waals surface area (Å²) in [6.07, 6.45) is 0. The molecule has 0 rings (SSSR count). The molecule has 0 heterocycles. The Bertz CT molecular complexity index is 51.4. The summed E-state index contributed by atoms with van der Waals surface area (Å²) >= 11 is -5.05. The van der Waals surface area contributed by atoms with Gasteiger partial charge >= 0.3 is 0 Å². The van der Waals surface area contributed by atoms with E-state index in [1.165, 1.54) is 6.92 Å². The Labute approximate surface area is 42.2 Å². The van der Waals surface area contributed by atoms with Crippen LogP contribution < -0.4 is 4.72 Å². The fourth-order valence-electron chi connectivity index (χ4n) is 0.146. The molecule has 0 bridgehead atoms. The van der Waals surface area contributed by atoms with Gasteiger partial charge in [0, 0.05) is 6.54 Å². The van der Waals surface area contributed by atoms with E-state index in [9.17, 15) is 11.7 Å². The van der Waals surface area contributed by atoms with E-state index in [4.69, 9.17) is 0 Å². The zero-order chi connectivity index (χ0) is 5.91. The van der Waals surface area contributed by atoms with E-state index < -0.39 is 11.4 Å². The summed E-state index contributed by atoms with van der Waals surface area (Å²) in [4.78, 5) is 0. The smallest absolute Gasteiger partial charge is 0.112 e. The molecule has 0 amide bonds. The Hall–Kier alpha value is 0.100. The van der Waals surface area contributed by atoms with E-state index >= 15 is 0 Å². The molecule has 45 valence electrons. The molecule has 0 saturated carbocycles. The molecule has 0 aliphatic carbocycles. The van der Waals surface area contributed by atoms with Crippen LogP contribution >= 0.6 is 11.4 Å². The molecule has 0 N–H and O–H groups in total. The van der Waals surface area contributed by atoms with E-state index in [-0.39, 0.29) is 6.54 Å². The minimum absolute atomic E-state index is 0.154. The van der Waals surface area contributed by atoms with Crippen LogP contribution in [0.3, 0.4) is 0 Å². The number of rotatable bonds is 2. The van der Waals surface area contributed by atoms with Crippen molar-refractivity contribution in [3.8, 4) is 0 Å². The van der Waals surface area contributed by atoms with Crippen LogP contribution in [0.5, 0.6) is 0 Å². The first-order chi connectivity index (χ1) is 3.06. The van der Waals surface area contributed by atoms with Crippen LogP contribution in [0.15, 0.2) is 0 Å². The predicted octanol–water partition coefficient (Wildman–Crippen LogP) is 1.98. The summed E-state index contributed by atoms with van der Waals surface area (Å²) in [5, 5.41) is 0. The number of nitrogens with zero attached hydrogens (tertiary/aromatic N) is 1. The van der Waals surface area contributed by atoms with Crippen molar-refractivity contribution >= 4 is 11.4 Å². The van der Waals surface area contributed by atoms with Gasteiger partial charge in [0.1, 0.15) is 0 Å². The number of hydrogen-bond donors (Lipinski definition) is 0. The van der Waals surface area contributed by atoms with Crippen LogP contribution in [0.4, 0.5) is 11.7 Å². The highest BCUT2D eigenvalue weighted by atomic mass is 32.3. The second-order valence-corrected chi connectivity index (χ2v) is 1.85. The molecule has 1 radical (unpaired) electrons. The van der Waals surface area contributed by atoms with Gasteiger partial charge in [0.05, 0.1) is 0 Å². The molecule has 5 heteroatoms. The zero-order valence-corrected chi connectivity index (χ0v) is 4.51. The Morgan fingerprint density at radius 1 is 1.43 bits per heavy atom. The third-order valence-electron chi connectivity index (χ3n) is 0.275. The molecule has 0 atom stereocenters. The van der Waals surface area contributed by atoms with Gasteiger partial charge in [-0.2, -0.15) is 0 Å². The van der Waals surface area contributed by atoms with Crippen molar-refractivity contribution in [3.63, 3.8) is 0 Å². The van der Waals surface area contributed by atoms with Crippen molar-refractivity contribution in [3.05, 3.63) is 0 Å². The van der Waals surface area contributed by atoms with Crippen molar-refractivity contribution < 1.29 is 11.7 Å². The standard InChI is InChI=1S/C2H5F3NS/c1-2-6-7(3,4)5/h2H2,1H3. The first-order valence-electron chi connectivity index (χ1n) is 1.67. The van der Waals surface area contributed by atoms with Gasteiger partial charge in [-0.25, -0.2) is 0 Å². The van der Waals surface area contributed by atoms with Gasteiger partial charge in [0.25, 0.3) is 11.4 Å². The molecule has 0 aromatic heterocycles. The summed E-state index contributed by atoms with van der Waals surface area (Å²) in [5.41, 5.74) is 0. The topological polar surface area (TPSA) is 14.1 Å². The molecule has 0 aromatic carbocycles. The lowest BCUT2D eigenvalue weighted by molar-refractivity contribution is 0.602. The number of hydrogen-bond acceptors (Lipinski definition) is 0. The summed E-state index contributed by atoms with van der Waals surface area (Å²) < 4.78 is 35.3. The van der Waals surface area contributed by atoms with Gasteiger partial charge in [-0.15, -0.1) is 16.4 Å². The van der Waals surface area contributed by atoms with Crippen molar-refractivity contribution in [1.29, 1.82) is 0 Å². The average molecular weight is 132 g/mol. The largest absolute Gasteiger partial charge is 0.291 e. The highest BCUT2D eigenvalue weighted by molar-refractivity contribution is 8.19. The molecular weight excluding hydrogens is 127 g/mol. The van der Waals surface area contributed by atoms with Gasteiger partial charge in [-0.1, -0.05) is 0 Å². The van der Waals surface area contributed by atoms with Gasteiger partial charge < -0.3 is 0 Å². The third-order valence-corrected chi connectivity index (χ3v) is 0.826. The Kier molecular flexibility index (Phi) is 2.45. The van der Waals surface area contributed by atoms with Crippen LogP contribution in [0, 0.1) is 0 Å². The molecule has 0 unspecified atom stereocenters. The highest BCUT2D eigenvalue weighted by Crippen LogP contribution is 2.49. The van der Waals surface area contributed by atoms with Crippen LogP contribution in [0.2, 0.25) is 0 Å². The second kappa shape index (κ2) is 2.42. The SMILES string of the molecule is CC[N]S(F)(F)F. The highest BCUT2D eigenvalue weighted by Gasteiger charge is 2.19. The molecule has 7 heavy (non-hydrogen) atoms. The van der Waals surface area contributed by atoms with Gasteiger partial charge in [0.2, 0.25) is 0 Å². The first kappa shape index (κ1) is 7.10. The first-order valence-corrected chi connectivity index (χ1v) is 2.96. The molecule has 0 spiro atoms. The van der Waals surface area contributed by atoms with Crippen molar-refractivity contribution in [2.24, 2.45) is 0 Å². The second-order valence-electron chi connectivity index (χ2n) is 0.827. The molecule has 0 aromatic rings. The van der Waals surface area contributed by atoms with E-state index in [0.29, 0.717) is 0 Å². The van der Waals surface area contributed by atoms with Crippen LogP contribution in [-0.2, 0) is 0 Å². The van der Waals surface area contributed by atoms with E-state index in [0.717, 1.165) is 0 Å². The van der Waals surface area contributed by atoms with Crippen molar-refractivity contribution in [1.82, 2.24) is 4.72 Å².